The van der Waals surface area contributed by atoms with Crippen LogP contribution in [0.1, 0.15) is 41.9 Å². The number of nitrogens with zero attached hydrogens (tertiary/aromatic N) is 2. The largest absolute Gasteiger partial charge is 0.308 e. The second-order valence-corrected chi connectivity index (χ2v) is 8.32. The third-order valence-electron chi connectivity index (χ3n) is 6.37. The minimum Gasteiger partial charge on any atom is -0.308 e. The summed E-state index contributed by atoms with van der Waals surface area (Å²) in [7, 11) is 0. The van der Waals surface area contributed by atoms with Gasteiger partial charge in [-0.15, -0.1) is 0 Å². The Morgan fingerprint density at radius 3 is 2.89 bits per heavy atom. The maximum atomic E-state index is 15.3. The number of fused-ring (bicyclic) bond motifs is 2. The summed E-state index contributed by atoms with van der Waals surface area (Å²) in [6.07, 6.45) is 4.60. The number of pyridine rings is 1. The third-order valence-corrected chi connectivity index (χ3v) is 6.58. The Morgan fingerprint density at radius 1 is 1.32 bits per heavy atom. The lowest BCUT2D eigenvalue weighted by atomic mass is 9.75. The number of hydrogen-bond acceptors (Lipinski definition) is 3. The molecule has 5 rings (SSSR count). The monoisotopic (exact) mass is 397 g/mol. The molecule has 2 aromatic rings. The second kappa shape index (κ2) is 6.39. The number of anilines is 1. The van der Waals surface area contributed by atoms with E-state index >= 15 is 4.39 Å². The van der Waals surface area contributed by atoms with Crippen LogP contribution < -0.4 is 5.32 Å². The van der Waals surface area contributed by atoms with Gasteiger partial charge in [-0.05, 0) is 42.9 Å². The van der Waals surface area contributed by atoms with Gasteiger partial charge in [0.15, 0.2) is 0 Å². The zero-order valence-electron chi connectivity index (χ0n) is 15.4. The molecular formula is C22H21ClFN3O. The molecule has 4 nitrogen and oxygen atoms in total. The van der Waals surface area contributed by atoms with Gasteiger partial charge in [0.25, 0.3) is 5.91 Å². The van der Waals surface area contributed by atoms with Crippen LogP contribution in [-0.4, -0.2) is 28.9 Å². The van der Waals surface area contributed by atoms with E-state index in [1.807, 2.05) is 12.1 Å². The summed E-state index contributed by atoms with van der Waals surface area (Å²) < 4.78 is 15.3. The van der Waals surface area contributed by atoms with Gasteiger partial charge in [0.05, 0.1) is 0 Å². The van der Waals surface area contributed by atoms with Crippen LogP contribution in [0.25, 0.3) is 6.08 Å². The maximum Gasteiger partial charge on any atom is 0.251 e. The van der Waals surface area contributed by atoms with Crippen LogP contribution in [0.5, 0.6) is 0 Å². The number of nitrogens with one attached hydrogen (secondary N) is 1. The van der Waals surface area contributed by atoms with Crippen molar-refractivity contribution < 1.29 is 9.18 Å². The lowest BCUT2D eigenvalue weighted by Crippen LogP contribution is -2.50. The quantitative estimate of drug-likeness (QED) is 0.769. The number of carbonyl (C=O) groups excluding carboxylic acids is 1. The van der Waals surface area contributed by atoms with Crippen molar-refractivity contribution >= 4 is 29.4 Å². The Kier molecular flexibility index (Phi) is 4.07. The Balaban J connectivity index is 1.70. The lowest BCUT2D eigenvalue weighted by Gasteiger charge is -2.38. The molecule has 3 aliphatic rings. The first-order chi connectivity index (χ1) is 13.6. The number of amides is 1. The van der Waals surface area contributed by atoms with Crippen LogP contribution in [0.3, 0.4) is 0 Å². The number of aromatic nitrogens is 1. The van der Waals surface area contributed by atoms with Crippen LogP contribution in [0, 0.1) is 11.7 Å². The van der Waals surface area contributed by atoms with E-state index in [-0.39, 0.29) is 17.6 Å². The minimum absolute atomic E-state index is 0.135. The third kappa shape index (κ3) is 2.46. The molecule has 0 radical (unpaired) electrons. The average molecular weight is 398 g/mol. The molecule has 1 N–H and O–H groups in total. The van der Waals surface area contributed by atoms with Crippen molar-refractivity contribution in [3.05, 3.63) is 64.6 Å². The summed E-state index contributed by atoms with van der Waals surface area (Å²) in [4.78, 5) is 20.0. The zero-order valence-corrected chi connectivity index (χ0v) is 16.2. The fraction of sp³-hybridized carbons (Fsp3) is 0.364. The molecule has 1 aromatic heterocycles. The van der Waals surface area contributed by atoms with E-state index in [0.29, 0.717) is 34.4 Å². The highest BCUT2D eigenvalue weighted by atomic mass is 35.5. The first-order valence-electron chi connectivity index (χ1n) is 9.70. The summed E-state index contributed by atoms with van der Waals surface area (Å²) in [5.74, 6) is 0.375. The van der Waals surface area contributed by atoms with E-state index in [4.69, 9.17) is 11.6 Å². The Morgan fingerprint density at radius 2 is 2.14 bits per heavy atom. The molecule has 1 unspecified atom stereocenters. The summed E-state index contributed by atoms with van der Waals surface area (Å²) in [5, 5.41) is 3.26. The molecule has 2 aliphatic heterocycles. The highest BCUT2D eigenvalue weighted by Gasteiger charge is 2.61. The molecule has 2 fully saturated rings. The van der Waals surface area contributed by atoms with Gasteiger partial charge in [-0.25, -0.2) is 9.37 Å². The molecule has 28 heavy (non-hydrogen) atoms. The topological polar surface area (TPSA) is 45.2 Å². The number of halogens is 2. The van der Waals surface area contributed by atoms with Gasteiger partial charge < -0.3 is 5.32 Å². The van der Waals surface area contributed by atoms with Crippen LogP contribution in [0.4, 0.5) is 10.2 Å². The Hall–Kier alpha value is -2.24. The van der Waals surface area contributed by atoms with Gasteiger partial charge in [0.1, 0.15) is 22.3 Å². The molecule has 1 aromatic carbocycles. The molecular weight excluding hydrogens is 377 g/mol. The van der Waals surface area contributed by atoms with E-state index in [9.17, 15) is 4.79 Å². The number of carbonyl (C=O) groups is 1. The fourth-order valence-electron chi connectivity index (χ4n) is 4.94. The van der Waals surface area contributed by atoms with Crippen molar-refractivity contribution in [2.24, 2.45) is 5.92 Å². The summed E-state index contributed by atoms with van der Waals surface area (Å²) in [6, 6.07) is 8.92. The van der Waals surface area contributed by atoms with Gasteiger partial charge in [0.2, 0.25) is 0 Å². The van der Waals surface area contributed by atoms with Gasteiger partial charge >= 0.3 is 0 Å². The van der Waals surface area contributed by atoms with Gasteiger partial charge in [0, 0.05) is 30.1 Å². The molecule has 6 heteroatoms. The maximum absolute atomic E-state index is 15.3. The number of benzene rings is 1. The number of rotatable bonds is 4. The predicted molar refractivity (Wildman–Crippen MR) is 108 cm³/mol. The predicted octanol–water partition coefficient (Wildman–Crippen LogP) is 4.56. The summed E-state index contributed by atoms with van der Waals surface area (Å²) >= 11 is 6.07. The van der Waals surface area contributed by atoms with E-state index in [0.717, 1.165) is 18.7 Å². The number of hydrogen-bond donors (Lipinski definition) is 1. The molecule has 0 bridgehead atoms. The summed E-state index contributed by atoms with van der Waals surface area (Å²) in [6.45, 7) is 5.30. The van der Waals surface area contributed by atoms with Crippen molar-refractivity contribution in [1.82, 2.24) is 9.88 Å². The standard InChI is InChI=1S/C22H21ClFN3O/c1-2-14-4-3-5-15(19(14)24)16-10-11-27(12-13-6-7-13)22(16)17-8-9-18(23)25-20(17)26-21(22)28/h2-5,8-9,13,16H,1,6-7,10-12H2,(H,25,26,28)/t16-,22?/m1/s1. The molecule has 3 heterocycles. The van der Waals surface area contributed by atoms with Crippen LogP contribution in [0.2, 0.25) is 5.15 Å². The first-order valence-corrected chi connectivity index (χ1v) is 10.1. The highest BCUT2D eigenvalue weighted by molar-refractivity contribution is 6.29. The van der Waals surface area contributed by atoms with E-state index in [1.54, 1.807) is 18.2 Å². The van der Waals surface area contributed by atoms with E-state index in [1.165, 1.54) is 18.9 Å². The normalized spacial score (nSPS) is 26.5. The molecule has 1 saturated carbocycles. The lowest BCUT2D eigenvalue weighted by molar-refractivity contribution is -0.127. The van der Waals surface area contributed by atoms with E-state index < -0.39 is 5.54 Å². The van der Waals surface area contributed by atoms with Crippen molar-refractivity contribution in [3.8, 4) is 0 Å². The fourth-order valence-corrected chi connectivity index (χ4v) is 5.08. The second-order valence-electron chi connectivity index (χ2n) is 7.94. The number of likely N-dealkylation sites (tertiary alicyclic amines) is 1. The van der Waals surface area contributed by atoms with Crippen molar-refractivity contribution in [1.29, 1.82) is 0 Å². The molecule has 1 amide bonds. The molecule has 1 aliphatic carbocycles. The highest BCUT2D eigenvalue weighted by Crippen LogP contribution is 2.55. The van der Waals surface area contributed by atoms with Crippen molar-refractivity contribution in [3.63, 3.8) is 0 Å². The molecule has 144 valence electrons. The van der Waals surface area contributed by atoms with Crippen LogP contribution in [0.15, 0.2) is 36.9 Å². The van der Waals surface area contributed by atoms with Crippen molar-refractivity contribution in [2.75, 3.05) is 18.4 Å². The minimum atomic E-state index is -0.948. The Labute approximate surface area is 168 Å². The summed E-state index contributed by atoms with van der Waals surface area (Å²) in [5.41, 5.74) is 0.874. The van der Waals surface area contributed by atoms with Crippen LogP contribution in [-0.2, 0) is 10.3 Å². The zero-order chi connectivity index (χ0) is 19.5. The van der Waals surface area contributed by atoms with E-state index in [2.05, 4.69) is 21.8 Å². The van der Waals surface area contributed by atoms with Gasteiger partial charge in [-0.2, -0.15) is 0 Å². The SMILES string of the molecule is C=Cc1cccc([C@H]2CCN(CC3CC3)C23C(=O)Nc2nc(Cl)ccc23)c1F. The van der Waals surface area contributed by atoms with Gasteiger partial charge in [-0.3, -0.25) is 9.69 Å². The molecule has 1 spiro atoms. The molecule has 1 saturated heterocycles. The van der Waals surface area contributed by atoms with Crippen LogP contribution >= 0.6 is 11.6 Å². The first kappa shape index (κ1) is 17.8. The smallest absolute Gasteiger partial charge is 0.251 e. The Bertz CT molecular complexity index is 990. The van der Waals surface area contributed by atoms with Gasteiger partial charge in [-0.1, -0.05) is 42.5 Å². The molecule has 2 atom stereocenters. The average Bonchev–Trinajstić information content (AvgIpc) is 3.35. The van der Waals surface area contributed by atoms with Crippen molar-refractivity contribution in [2.45, 2.75) is 30.7 Å².